The predicted octanol–water partition coefficient (Wildman–Crippen LogP) is 4.58. The number of unbranched alkanes of at least 4 members (excludes halogenated alkanes) is 1. The lowest BCUT2D eigenvalue weighted by molar-refractivity contribution is 0.796. The van der Waals surface area contributed by atoms with Gasteiger partial charge in [0.1, 0.15) is 5.82 Å². The summed E-state index contributed by atoms with van der Waals surface area (Å²) in [5.41, 5.74) is 2.54. The fraction of sp³-hybridized carbons (Fsp3) is 0.263. The predicted molar refractivity (Wildman–Crippen MR) is 91.9 cm³/mol. The quantitative estimate of drug-likeness (QED) is 0.722. The number of fused-ring (bicyclic) bond motifs is 1. The molecule has 22 heavy (non-hydrogen) atoms. The monoisotopic (exact) mass is 291 g/mol. The fourth-order valence-corrected chi connectivity index (χ4v) is 2.58. The molecule has 0 atom stereocenters. The third-order valence-electron chi connectivity index (χ3n) is 3.83. The zero-order valence-corrected chi connectivity index (χ0v) is 12.9. The van der Waals surface area contributed by atoms with Crippen molar-refractivity contribution in [1.29, 1.82) is 0 Å². The minimum Gasteiger partial charge on any atom is -0.365 e. The first kappa shape index (κ1) is 14.5. The average Bonchev–Trinajstić information content (AvgIpc) is 2.59. The molecule has 0 bridgehead atoms. The summed E-state index contributed by atoms with van der Waals surface area (Å²) in [6, 6.07) is 12.8. The van der Waals surface area contributed by atoms with E-state index in [4.69, 9.17) is 0 Å². The minimum absolute atomic E-state index is 0.735. The van der Waals surface area contributed by atoms with Crippen molar-refractivity contribution in [3.05, 3.63) is 66.1 Å². The van der Waals surface area contributed by atoms with E-state index >= 15 is 0 Å². The second kappa shape index (κ2) is 7.03. The van der Waals surface area contributed by atoms with Crippen LogP contribution in [-0.2, 0) is 13.0 Å². The van der Waals surface area contributed by atoms with Gasteiger partial charge < -0.3 is 5.32 Å². The van der Waals surface area contributed by atoms with Gasteiger partial charge in [0.05, 0.1) is 0 Å². The normalized spacial score (nSPS) is 10.8. The van der Waals surface area contributed by atoms with Crippen LogP contribution in [0.1, 0.15) is 30.9 Å². The Labute approximate surface area is 131 Å². The van der Waals surface area contributed by atoms with Crippen molar-refractivity contribution in [3.63, 3.8) is 0 Å². The van der Waals surface area contributed by atoms with Gasteiger partial charge in [-0.1, -0.05) is 31.5 Å². The number of nitrogens with zero attached hydrogens (tertiary/aromatic N) is 2. The first-order valence-corrected chi connectivity index (χ1v) is 7.87. The van der Waals surface area contributed by atoms with Gasteiger partial charge in [-0.2, -0.15) is 0 Å². The molecule has 3 heteroatoms. The highest BCUT2D eigenvalue weighted by Crippen LogP contribution is 2.23. The number of pyridine rings is 2. The summed E-state index contributed by atoms with van der Waals surface area (Å²) in [4.78, 5) is 8.66. The van der Waals surface area contributed by atoms with Gasteiger partial charge in [-0.3, -0.25) is 4.98 Å². The Morgan fingerprint density at radius 3 is 2.82 bits per heavy atom. The molecule has 2 heterocycles. The molecule has 0 fully saturated rings. The van der Waals surface area contributed by atoms with Gasteiger partial charge in [-0.05, 0) is 47.6 Å². The van der Waals surface area contributed by atoms with E-state index in [0.717, 1.165) is 24.3 Å². The van der Waals surface area contributed by atoms with E-state index in [1.54, 1.807) is 6.20 Å². The van der Waals surface area contributed by atoms with Crippen LogP contribution < -0.4 is 5.32 Å². The lowest BCUT2D eigenvalue weighted by Crippen LogP contribution is -2.02. The number of rotatable bonds is 6. The van der Waals surface area contributed by atoms with Gasteiger partial charge in [-0.25, -0.2) is 4.98 Å². The van der Waals surface area contributed by atoms with Crippen molar-refractivity contribution in [2.75, 3.05) is 5.32 Å². The van der Waals surface area contributed by atoms with E-state index in [-0.39, 0.29) is 0 Å². The number of aryl methyl sites for hydroxylation is 1. The van der Waals surface area contributed by atoms with Gasteiger partial charge in [-0.15, -0.1) is 0 Å². The molecule has 112 valence electrons. The molecule has 0 aliphatic heterocycles. The maximum atomic E-state index is 4.51. The van der Waals surface area contributed by atoms with Crippen LogP contribution in [-0.4, -0.2) is 9.97 Å². The molecule has 1 N–H and O–H groups in total. The van der Waals surface area contributed by atoms with Crippen LogP contribution in [0.5, 0.6) is 0 Å². The summed E-state index contributed by atoms with van der Waals surface area (Å²) in [5.74, 6) is 0.944. The Bertz CT molecular complexity index is 738. The van der Waals surface area contributed by atoms with Crippen molar-refractivity contribution in [2.45, 2.75) is 32.7 Å². The van der Waals surface area contributed by atoms with Gasteiger partial charge in [0.15, 0.2) is 0 Å². The maximum Gasteiger partial charge on any atom is 0.134 e. The van der Waals surface area contributed by atoms with Crippen molar-refractivity contribution in [1.82, 2.24) is 9.97 Å². The van der Waals surface area contributed by atoms with Crippen LogP contribution >= 0.6 is 0 Å². The van der Waals surface area contributed by atoms with E-state index in [1.165, 1.54) is 29.2 Å². The molecule has 0 amide bonds. The van der Waals surface area contributed by atoms with Crippen molar-refractivity contribution in [3.8, 4) is 0 Å². The van der Waals surface area contributed by atoms with Crippen molar-refractivity contribution >= 4 is 16.6 Å². The van der Waals surface area contributed by atoms with Crippen molar-refractivity contribution in [2.24, 2.45) is 0 Å². The van der Waals surface area contributed by atoms with Crippen LogP contribution in [0.4, 0.5) is 5.82 Å². The Hall–Kier alpha value is -2.42. The number of hydrogen-bond donors (Lipinski definition) is 1. The Morgan fingerprint density at radius 2 is 2.00 bits per heavy atom. The zero-order valence-electron chi connectivity index (χ0n) is 12.9. The van der Waals surface area contributed by atoms with E-state index in [2.05, 4.69) is 52.5 Å². The summed E-state index contributed by atoms with van der Waals surface area (Å²) < 4.78 is 0. The summed E-state index contributed by atoms with van der Waals surface area (Å²) in [6.45, 7) is 2.96. The average molecular weight is 291 g/mol. The first-order valence-electron chi connectivity index (χ1n) is 7.87. The molecule has 0 saturated carbocycles. The van der Waals surface area contributed by atoms with Gasteiger partial charge in [0, 0.05) is 30.5 Å². The van der Waals surface area contributed by atoms with Gasteiger partial charge in [0.2, 0.25) is 0 Å². The Balaban J connectivity index is 1.84. The third-order valence-corrected chi connectivity index (χ3v) is 3.83. The number of hydrogen-bond acceptors (Lipinski definition) is 3. The maximum absolute atomic E-state index is 4.51. The standard InChI is InChI=1S/C19H21N3/c1-2-3-5-15-7-8-17-9-11-21-19(18(17)12-15)22-14-16-6-4-10-20-13-16/h4,6-13H,2-3,5,14H2,1H3,(H,21,22). The van der Waals surface area contributed by atoms with Gasteiger partial charge in [0.25, 0.3) is 0 Å². The number of benzene rings is 1. The Kier molecular flexibility index (Phi) is 4.64. The molecular formula is C19H21N3. The van der Waals surface area contributed by atoms with Crippen LogP contribution in [0.2, 0.25) is 0 Å². The molecule has 3 nitrogen and oxygen atoms in total. The number of anilines is 1. The van der Waals surface area contributed by atoms with E-state index in [9.17, 15) is 0 Å². The van der Waals surface area contributed by atoms with Crippen LogP contribution in [0.25, 0.3) is 10.8 Å². The SMILES string of the molecule is CCCCc1ccc2ccnc(NCc3cccnc3)c2c1. The smallest absolute Gasteiger partial charge is 0.134 e. The molecule has 2 aromatic heterocycles. The molecule has 0 radical (unpaired) electrons. The third kappa shape index (κ3) is 3.42. The largest absolute Gasteiger partial charge is 0.365 e. The van der Waals surface area contributed by atoms with Crippen LogP contribution in [0.15, 0.2) is 55.0 Å². The molecule has 3 aromatic rings. The molecule has 1 aromatic carbocycles. The lowest BCUT2D eigenvalue weighted by Gasteiger charge is -2.10. The first-order chi connectivity index (χ1) is 10.9. The van der Waals surface area contributed by atoms with E-state index in [1.807, 2.05) is 18.5 Å². The van der Waals surface area contributed by atoms with Crippen LogP contribution in [0.3, 0.4) is 0 Å². The molecule has 3 rings (SSSR count). The van der Waals surface area contributed by atoms with Crippen LogP contribution in [0, 0.1) is 0 Å². The second-order valence-electron chi connectivity index (χ2n) is 5.53. The number of aromatic nitrogens is 2. The Morgan fingerprint density at radius 1 is 1.05 bits per heavy atom. The summed E-state index contributed by atoms with van der Waals surface area (Å²) >= 11 is 0. The fourth-order valence-electron chi connectivity index (χ4n) is 2.58. The molecule has 0 unspecified atom stereocenters. The molecule has 0 spiro atoms. The molecule has 0 aliphatic carbocycles. The highest BCUT2D eigenvalue weighted by atomic mass is 15.0. The summed E-state index contributed by atoms with van der Waals surface area (Å²) in [6.07, 6.45) is 9.11. The van der Waals surface area contributed by atoms with E-state index in [0.29, 0.717) is 0 Å². The minimum atomic E-state index is 0.735. The lowest BCUT2D eigenvalue weighted by atomic mass is 10.0. The van der Waals surface area contributed by atoms with Gasteiger partial charge >= 0.3 is 0 Å². The zero-order chi connectivity index (χ0) is 15.2. The highest BCUT2D eigenvalue weighted by molar-refractivity contribution is 5.92. The number of nitrogens with one attached hydrogen (secondary N) is 1. The molecule has 0 saturated heterocycles. The highest BCUT2D eigenvalue weighted by Gasteiger charge is 2.04. The van der Waals surface area contributed by atoms with E-state index < -0.39 is 0 Å². The topological polar surface area (TPSA) is 37.8 Å². The summed E-state index contributed by atoms with van der Waals surface area (Å²) in [5, 5.41) is 5.86. The second-order valence-corrected chi connectivity index (χ2v) is 5.53. The van der Waals surface area contributed by atoms with Crippen molar-refractivity contribution < 1.29 is 0 Å². The molecular weight excluding hydrogens is 270 g/mol. The molecule has 0 aliphatic rings. The summed E-state index contributed by atoms with van der Waals surface area (Å²) in [7, 11) is 0.